The van der Waals surface area contributed by atoms with E-state index in [1.807, 2.05) is 18.2 Å². The Kier molecular flexibility index (Phi) is 4.53. The molecule has 3 aromatic rings. The summed E-state index contributed by atoms with van der Waals surface area (Å²) in [7, 11) is 1.53. The molecule has 0 saturated carbocycles. The van der Waals surface area contributed by atoms with Crippen LogP contribution in [0.1, 0.15) is 16.1 Å². The first kappa shape index (κ1) is 16.1. The first-order valence-corrected chi connectivity index (χ1v) is 7.72. The Balaban J connectivity index is 1.87. The number of nitrogens with zero attached hydrogens (tertiary/aromatic N) is 1. The number of aryl methyl sites for hydroxylation is 1. The first-order chi connectivity index (χ1) is 11.6. The van der Waals surface area contributed by atoms with E-state index < -0.39 is 5.63 Å². The number of hydrogen-bond donors (Lipinski definition) is 1. The predicted octanol–water partition coefficient (Wildman–Crippen LogP) is 3.23. The number of amides is 1. The third kappa shape index (κ3) is 3.26. The van der Waals surface area contributed by atoms with Gasteiger partial charge in [-0.1, -0.05) is 54.1 Å². The Hall–Kier alpha value is -2.79. The van der Waals surface area contributed by atoms with Crippen LogP contribution in [0.3, 0.4) is 0 Å². The maximum absolute atomic E-state index is 12.6. The maximum atomic E-state index is 12.6. The van der Waals surface area contributed by atoms with Crippen molar-refractivity contribution in [3.63, 3.8) is 0 Å². The highest BCUT2D eigenvalue weighted by atomic mass is 35.5. The summed E-state index contributed by atoms with van der Waals surface area (Å²) in [4.78, 5) is 24.7. The molecule has 0 atom stereocenters. The molecule has 0 fully saturated rings. The Morgan fingerprint density at radius 1 is 1.12 bits per heavy atom. The number of nitrogens with one attached hydrogen (secondary N) is 1. The minimum atomic E-state index is -0.541. The van der Waals surface area contributed by atoms with E-state index in [9.17, 15) is 9.59 Å². The van der Waals surface area contributed by atoms with Gasteiger partial charge in [-0.15, -0.1) is 0 Å². The number of rotatable bonds is 4. The molecule has 0 aliphatic rings. The van der Waals surface area contributed by atoms with Crippen molar-refractivity contribution in [3.8, 4) is 11.1 Å². The lowest BCUT2D eigenvalue weighted by Crippen LogP contribution is -2.25. The second-order valence-corrected chi connectivity index (χ2v) is 5.71. The zero-order valence-corrected chi connectivity index (χ0v) is 13.7. The highest BCUT2D eigenvalue weighted by Crippen LogP contribution is 2.20. The zero-order chi connectivity index (χ0) is 17.1. The molecule has 1 aromatic heterocycles. The van der Waals surface area contributed by atoms with Crippen LogP contribution in [0.2, 0.25) is 5.02 Å². The van der Waals surface area contributed by atoms with Crippen molar-refractivity contribution in [3.05, 3.63) is 81.3 Å². The molecule has 0 unspecified atom stereocenters. The second kappa shape index (κ2) is 6.76. The molecule has 1 amide bonds. The molecule has 1 N–H and O–H groups in total. The highest BCUT2D eigenvalue weighted by Gasteiger charge is 2.23. The number of halogens is 1. The number of hydrogen-bond acceptors (Lipinski definition) is 3. The van der Waals surface area contributed by atoms with Gasteiger partial charge in [0.05, 0.1) is 0 Å². The maximum Gasteiger partial charge on any atom is 0.366 e. The van der Waals surface area contributed by atoms with Crippen LogP contribution in [-0.4, -0.2) is 10.6 Å². The summed E-state index contributed by atoms with van der Waals surface area (Å²) in [6.45, 7) is 0.323. The summed E-state index contributed by atoms with van der Waals surface area (Å²) in [5.41, 5.74) is 1.46. The monoisotopic (exact) mass is 342 g/mol. The molecule has 3 rings (SSSR count). The molecule has 5 nitrogen and oxygen atoms in total. The van der Waals surface area contributed by atoms with Crippen LogP contribution in [-0.2, 0) is 13.6 Å². The summed E-state index contributed by atoms with van der Waals surface area (Å²) < 4.78 is 6.27. The molecule has 2 aromatic carbocycles. The average molecular weight is 343 g/mol. The topological polar surface area (TPSA) is 64.2 Å². The van der Waals surface area contributed by atoms with E-state index in [0.717, 1.165) is 5.56 Å². The molecule has 122 valence electrons. The van der Waals surface area contributed by atoms with Crippen molar-refractivity contribution in [2.75, 3.05) is 0 Å². The van der Waals surface area contributed by atoms with E-state index in [-0.39, 0.29) is 17.2 Å². The minimum Gasteiger partial charge on any atom is -0.347 e. The molecule has 6 heteroatoms. The molecule has 0 saturated heterocycles. The minimum absolute atomic E-state index is 0.195. The van der Waals surface area contributed by atoms with Crippen LogP contribution in [0.5, 0.6) is 0 Å². The van der Waals surface area contributed by atoms with Gasteiger partial charge in [0.15, 0.2) is 5.69 Å². The highest BCUT2D eigenvalue weighted by molar-refractivity contribution is 6.30. The molecule has 0 aliphatic heterocycles. The van der Waals surface area contributed by atoms with Gasteiger partial charge in [0.2, 0.25) is 0 Å². The zero-order valence-electron chi connectivity index (χ0n) is 13.0. The third-order valence-electron chi connectivity index (χ3n) is 3.62. The molecule has 24 heavy (non-hydrogen) atoms. The lowest BCUT2D eigenvalue weighted by Gasteiger charge is -2.07. The fourth-order valence-corrected chi connectivity index (χ4v) is 2.58. The van der Waals surface area contributed by atoms with E-state index in [1.165, 1.54) is 11.8 Å². The molecule has 0 aliphatic carbocycles. The standard InChI is InChI=1S/C18H15ClN2O3/c1-21-16(15(18(23)24-21)13-5-3-2-4-6-13)17(22)20-11-12-7-9-14(19)10-8-12/h2-10H,11H2,1H3,(H,20,22). The Morgan fingerprint density at radius 3 is 2.46 bits per heavy atom. The van der Waals surface area contributed by atoms with Gasteiger partial charge in [0.25, 0.3) is 5.91 Å². The predicted molar refractivity (Wildman–Crippen MR) is 92.0 cm³/mol. The average Bonchev–Trinajstić information content (AvgIpc) is 2.89. The molecule has 0 spiro atoms. The van der Waals surface area contributed by atoms with Crippen molar-refractivity contribution in [2.24, 2.45) is 7.05 Å². The quantitative estimate of drug-likeness (QED) is 0.791. The van der Waals surface area contributed by atoms with Crippen LogP contribution >= 0.6 is 11.6 Å². The number of carbonyl (C=O) groups is 1. The molecule has 0 radical (unpaired) electrons. The Bertz CT molecular complexity index is 912. The van der Waals surface area contributed by atoms with Crippen LogP contribution in [0, 0.1) is 0 Å². The van der Waals surface area contributed by atoms with Crippen molar-refractivity contribution in [2.45, 2.75) is 6.54 Å². The summed E-state index contributed by atoms with van der Waals surface area (Å²) in [5.74, 6) is -0.378. The van der Waals surface area contributed by atoms with Crippen molar-refractivity contribution < 1.29 is 9.32 Å². The lowest BCUT2D eigenvalue weighted by molar-refractivity contribution is 0.0931. The fourth-order valence-electron chi connectivity index (χ4n) is 2.45. The van der Waals surface area contributed by atoms with Crippen molar-refractivity contribution in [1.29, 1.82) is 0 Å². The molecular formula is C18H15ClN2O3. The van der Waals surface area contributed by atoms with Crippen LogP contribution in [0.25, 0.3) is 11.1 Å². The van der Waals surface area contributed by atoms with E-state index in [2.05, 4.69) is 5.32 Å². The summed E-state index contributed by atoms with van der Waals surface area (Å²) in [5, 5.41) is 3.43. The normalized spacial score (nSPS) is 10.6. The van der Waals surface area contributed by atoms with Gasteiger partial charge in [0, 0.05) is 18.6 Å². The van der Waals surface area contributed by atoms with E-state index in [0.29, 0.717) is 17.1 Å². The summed E-state index contributed by atoms with van der Waals surface area (Å²) >= 11 is 5.84. The van der Waals surface area contributed by atoms with Crippen LogP contribution < -0.4 is 10.9 Å². The number of carbonyl (C=O) groups excluding carboxylic acids is 1. The smallest absolute Gasteiger partial charge is 0.347 e. The Labute approximate surface area is 143 Å². The second-order valence-electron chi connectivity index (χ2n) is 5.27. The number of aromatic nitrogens is 1. The first-order valence-electron chi connectivity index (χ1n) is 7.34. The van der Waals surface area contributed by atoms with Gasteiger partial charge in [-0.3, -0.25) is 4.79 Å². The number of benzene rings is 2. The van der Waals surface area contributed by atoms with Gasteiger partial charge in [-0.05, 0) is 23.3 Å². The summed E-state index contributed by atoms with van der Waals surface area (Å²) in [6.07, 6.45) is 0. The lowest BCUT2D eigenvalue weighted by atomic mass is 10.1. The largest absolute Gasteiger partial charge is 0.366 e. The van der Waals surface area contributed by atoms with Gasteiger partial charge >= 0.3 is 5.63 Å². The van der Waals surface area contributed by atoms with Crippen LogP contribution in [0.4, 0.5) is 0 Å². The molecule has 0 bridgehead atoms. The van der Waals surface area contributed by atoms with Crippen LogP contribution in [0.15, 0.2) is 63.9 Å². The van der Waals surface area contributed by atoms with Gasteiger partial charge in [-0.25, -0.2) is 9.53 Å². The van der Waals surface area contributed by atoms with E-state index in [1.54, 1.807) is 36.4 Å². The third-order valence-corrected chi connectivity index (χ3v) is 3.87. The van der Waals surface area contributed by atoms with Gasteiger partial charge in [0.1, 0.15) is 5.56 Å². The molecular weight excluding hydrogens is 328 g/mol. The van der Waals surface area contributed by atoms with Crippen molar-refractivity contribution >= 4 is 17.5 Å². The van der Waals surface area contributed by atoms with Gasteiger partial charge in [-0.2, -0.15) is 0 Å². The SMILES string of the molecule is Cn1oc(=O)c(-c2ccccc2)c1C(=O)NCc1ccc(Cl)cc1. The van der Waals surface area contributed by atoms with E-state index in [4.69, 9.17) is 16.1 Å². The summed E-state index contributed by atoms with van der Waals surface area (Å²) in [6, 6.07) is 16.1. The molecule has 1 heterocycles. The Morgan fingerprint density at radius 2 is 1.79 bits per heavy atom. The van der Waals surface area contributed by atoms with Gasteiger partial charge < -0.3 is 9.84 Å². The van der Waals surface area contributed by atoms with Crippen molar-refractivity contribution in [1.82, 2.24) is 10.1 Å². The van der Waals surface area contributed by atoms with E-state index >= 15 is 0 Å². The fraction of sp³-hybridized carbons (Fsp3) is 0.111.